The molecule has 2 N–H and O–H groups in total. The number of carbonyl (C=O) groups excluding carboxylic acids is 6. The number of ether oxygens (including phenoxy) is 4. The normalized spacial score (nSPS) is 24.5. The third-order valence-electron chi connectivity index (χ3n) is 4.64. The molecule has 1 aliphatic rings. The van der Waals surface area contributed by atoms with E-state index < -0.39 is 55.2 Å². The Bertz CT molecular complexity index is 746. The Morgan fingerprint density at radius 3 is 1.36 bits per heavy atom. The predicted octanol–water partition coefficient (Wildman–Crippen LogP) is -0.461. The van der Waals surface area contributed by atoms with E-state index in [4.69, 9.17) is 18.9 Å². The largest absolute Gasteiger partial charge is 0.455 e. The van der Waals surface area contributed by atoms with Crippen LogP contribution in [0, 0.1) is 0 Å². The van der Waals surface area contributed by atoms with E-state index in [9.17, 15) is 39.0 Å². The Morgan fingerprint density at radius 2 is 1.00 bits per heavy atom. The van der Waals surface area contributed by atoms with Crippen LogP contribution in [-0.4, -0.2) is 82.8 Å². The zero-order valence-corrected chi connectivity index (χ0v) is 18.8. The fourth-order valence-corrected chi connectivity index (χ4v) is 2.91. The Kier molecular flexibility index (Phi) is 11.8. The van der Waals surface area contributed by atoms with Crippen LogP contribution >= 0.6 is 0 Å². The van der Waals surface area contributed by atoms with Crippen molar-refractivity contribution < 1.29 is 57.9 Å². The van der Waals surface area contributed by atoms with E-state index in [0.717, 1.165) is 0 Å². The molecule has 0 bridgehead atoms. The van der Waals surface area contributed by atoms with Crippen LogP contribution in [0.5, 0.6) is 0 Å². The molecule has 12 heteroatoms. The molecule has 1 fully saturated rings. The molecule has 186 valence electrons. The van der Waals surface area contributed by atoms with Crippen LogP contribution in [0.1, 0.15) is 59.3 Å². The second kappa shape index (κ2) is 13.8. The number of esters is 3. The SMILES string of the molecule is CC(=O)CCC(=O)O[C@@H]1[C@H](OC(=O)CCC(C)=O)[C@@H](O)O[C@H](CO)[C@H]1OC(=O)CCC(C)=O. The Balaban J connectivity index is 3.12. The summed E-state index contributed by atoms with van der Waals surface area (Å²) in [5.41, 5.74) is 0. The third kappa shape index (κ3) is 10.2. The van der Waals surface area contributed by atoms with Gasteiger partial charge in [-0.2, -0.15) is 0 Å². The summed E-state index contributed by atoms with van der Waals surface area (Å²) in [5.74, 6) is -3.53. The number of hydrogen-bond donors (Lipinski definition) is 2. The van der Waals surface area contributed by atoms with Crippen LogP contribution in [0.4, 0.5) is 0 Å². The smallest absolute Gasteiger partial charge is 0.306 e. The third-order valence-corrected chi connectivity index (χ3v) is 4.64. The molecule has 0 aromatic heterocycles. The first-order valence-corrected chi connectivity index (χ1v) is 10.5. The maximum atomic E-state index is 12.3. The van der Waals surface area contributed by atoms with E-state index in [-0.39, 0.29) is 55.9 Å². The van der Waals surface area contributed by atoms with Crippen LogP contribution in [0.3, 0.4) is 0 Å². The first kappa shape index (κ1) is 28.3. The summed E-state index contributed by atoms with van der Waals surface area (Å²) >= 11 is 0. The fourth-order valence-electron chi connectivity index (χ4n) is 2.91. The number of aliphatic hydroxyl groups is 2. The van der Waals surface area contributed by atoms with Gasteiger partial charge in [-0.15, -0.1) is 0 Å². The van der Waals surface area contributed by atoms with Gasteiger partial charge in [0.2, 0.25) is 0 Å². The van der Waals surface area contributed by atoms with Crippen LogP contribution in [0.15, 0.2) is 0 Å². The van der Waals surface area contributed by atoms with Crippen LogP contribution in [-0.2, 0) is 47.7 Å². The van der Waals surface area contributed by atoms with Crippen LogP contribution < -0.4 is 0 Å². The van der Waals surface area contributed by atoms with Gasteiger partial charge in [0, 0.05) is 19.3 Å². The molecule has 0 amide bonds. The van der Waals surface area contributed by atoms with Crippen LogP contribution in [0.2, 0.25) is 0 Å². The molecule has 1 aliphatic heterocycles. The predicted molar refractivity (Wildman–Crippen MR) is 107 cm³/mol. The summed E-state index contributed by atoms with van der Waals surface area (Å²) in [4.78, 5) is 70.1. The number of Topliss-reactive ketones (excluding diaryl/α,β-unsaturated/α-hetero) is 3. The second-order valence-electron chi connectivity index (χ2n) is 7.72. The van der Waals surface area contributed by atoms with E-state index >= 15 is 0 Å². The second-order valence-corrected chi connectivity index (χ2v) is 7.72. The molecular formula is C21H30O12. The molecule has 1 heterocycles. The molecule has 0 radical (unpaired) electrons. The summed E-state index contributed by atoms with van der Waals surface area (Å²) < 4.78 is 20.9. The van der Waals surface area contributed by atoms with Crippen molar-refractivity contribution in [2.45, 2.75) is 90.0 Å². The molecule has 0 aliphatic carbocycles. The molecule has 0 unspecified atom stereocenters. The maximum Gasteiger partial charge on any atom is 0.306 e. The van der Waals surface area contributed by atoms with Gasteiger partial charge < -0.3 is 43.5 Å². The van der Waals surface area contributed by atoms with Crippen molar-refractivity contribution in [3.63, 3.8) is 0 Å². The molecule has 1 rings (SSSR count). The molecule has 0 spiro atoms. The van der Waals surface area contributed by atoms with Gasteiger partial charge in [-0.1, -0.05) is 0 Å². The highest BCUT2D eigenvalue weighted by atomic mass is 16.7. The van der Waals surface area contributed by atoms with Crippen molar-refractivity contribution in [2.24, 2.45) is 0 Å². The quantitative estimate of drug-likeness (QED) is 0.259. The number of rotatable bonds is 13. The highest BCUT2D eigenvalue weighted by molar-refractivity contribution is 5.82. The lowest BCUT2D eigenvalue weighted by Crippen LogP contribution is -2.62. The molecule has 0 aromatic carbocycles. The summed E-state index contributed by atoms with van der Waals surface area (Å²) in [6.07, 6.45) is -9.30. The average molecular weight is 474 g/mol. The van der Waals surface area contributed by atoms with Gasteiger partial charge in [0.15, 0.2) is 24.6 Å². The van der Waals surface area contributed by atoms with E-state index in [1.54, 1.807) is 0 Å². The molecule has 5 atom stereocenters. The molecule has 0 aromatic rings. The van der Waals surface area contributed by atoms with Crippen molar-refractivity contribution in [1.82, 2.24) is 0 Å². The Hall–Kier alpha value is -2.70. The van der Waals surface area contributed by atoms with Gasteiger partial charge in [-0.25, -0.2) is 0 Å². The van der Waals surface area contributed by atoms with Crippen molar-refractivity contribution in [3.05, 3.63) is 0 Å². The number of aliphatic hydroxyl groups excluding tert-OH is 2. The molecular weight excluding hydrogens is 444 g/mol. The molecule has 33 heavy (non-hydrogen) atoms. The van der Waals surface area contributed by atoms with Crippen molar-refractivity contribution in [2.75, 3.05) is 6.61 Å². The van der Waals surface area contributed by atoms with Gasteiger partial charge >= 0.3 is 17.9 Å². The topological polar surface area (TPSA) is 180 Å². The van der Waals surface area contributed by atoms with E-state index in [0.29, 0.717) is 0 Å². The molecule has 1 saturated heterocycles. The minimum atomic E-state index is -1.86. The molecule has 0 saturated carbocycles. The first-order chi connectivity index (χ1) is 15.4. The maximum absolute atomic E-state index is 12.3. The van der Waals surface area contributed by atoms with E-state index in [2.05, 4.69) is 0 Å². The van der Waals surface area contributed by atoms with Gasteiger partial charge in [-0.05, 0) is 20.8 Å². The monoisotopic (exact) mass is 474 g/mol. The van der Waals surface area contributed by atoms with E-state index in [1.807, 2.05) is 0 Å². The highest BCUT2D eigenvalue weighted by Gasteiger charge is 2.51. The fraction of sp³-hybridized carbons (Fsp3) is 0.714. The Morgan fingerprint density at radius 1 is 0.636 bits per heavy atom. The van der Waals surface area contributed by atoms with Gasteiger partial charge in [0.05, 0.1) is 25.9 Å². The number of carbonyl (C=O) groups is 6. The van der Waals surface area contributed by atoms with Gasteiger partial charge in [0.25, 0.3) is 0 Å². The lowest BCUT2D eigenvalue weighted by atomic mass is 9.98. The number of ketones is 3. The summed E-state index contributed by atoms with van der Waals surface area (Å²) in [7, 11) is 0. The van der Waals surface area contributed by atoms with E-state index in [1.165, 1.54) is 20.8 Å². The van der Waals surface area contributed by atoms with Crippen molar-refractivity contribution >= 4 is 35.3 Å². The average Bonchev–Trinajstić information content (AvgIpc) is 2.73. The number of hydrogen-bond acceptors (Lipinski definition) is 12. The first-order valence-electron chi connectivity index (χ1n) is 10.5. The lowest BCUT2D eigenvalue weighted by Gasteiger charge is -2.42. The molecule has 12 nitrogen and oxygen atoms in total. The van der Waals surface area contributed by atoms with Gasteiger partial charge in [0.1, 0.15) is 23.5 Å². The summed E-state index contributed by atoms with van der Waals surface area (Å²) in [5, 5.41) is 20.0. The zero-order valence-electron chi connectivity index (χ0n) is 18.8. The zero-order chi connectivity index (χ0) is 25.1. The van der Waals surface area contributed by atoms with Crippen molar-refractivity contribution in [1.29, 1.82) is 0 Å². The minimum absolute atomic E-state index is 0.120. The lowest BCUT2D eigenvalue weighted by molar-refractivity contribution is -0.296. The minimum Gasteiger partial charge on any atom is -0.455 e. The van der Waals surface area contributed by atoms with Gasteiger partial charge in [-0.3, -0.25) is 14.4 Å². The summed E-state index contributed by atoms with van der Waals surface area (Å²) in [6, 6.07) is 0. The van der Waals surface area contributed by atoms with Crippen molar-refractivity contribution in [3.8, 4) is 0 Å². The summed E-state index contributed by atoms with van der Waals surface area (Å²) in [6.45, 7) is 3.06. The standard InChI is InChI=1S/C21H30O12/c1-11(23)4-7-15(26)31-18-14(10-22)30-21(29)20(33-17(28)9-6-13(3)25)19(18)32-16(27)8-5-12(2)24/h14,18-22,29H,4-10H2,1-3H3/t14-,18-,19+,20+,21+/m1/s1. The van der Waals surface area contributed by atoms with Crippen LogP contribution in [0.25, 0.3) is 0 Å². The Labute approximate surface area is 190 Å². The highest BCUT2D eigenvalue weighted by Crippen LogP contribution is 2.28.